The molecule has 22 nitrogen and oxygen atoms in total. The predicted molar refractivity (Wildman–Crippen MR) is 269 cm³/mol. The minimum absolute atomic E-state index is 0.0530. The van der Waals surface area contributed by atoms with Gasteiger partial charge in [-0.25, -0.2) is 0 Å². The van der Waals surface area contributed by atoms with E-state index >= 15 is 0 Å². The van der Waals surface area contributed by atoms with Crippen molar-refractivity contribution in [1.82, 2.24) is 0 Å². The fourth-order valence-electron chi connectivity index (χ4n) is 8.26. The second kappa shape index (κ2) is 22.4. The fraction of sp³-hybridized carbons (Fsp3) is 0.151. The second-order valence-corrected chi connectivity index (χ2v) is 16.8. The third-order valence-corrected chi connectivity index (χ3v) is 11.4. The Kier molecular flexibility index (Phi) is 15.3. The number of para-hydroxylation sites is 1. The smallest absolute Gasteiger partial charge is 0.308 e. The Morgan fingerprint density at radius 1 is 0.373 bits per heavy atom. The Balaban J connectivity index is 1.40. The maximum absolute atomic E-state index is 13.2. The number of carbonyl (C=O) groups excluding carboxylic acids is 3. The van der Waals surface area contributed by atoms with Gasteiger partial charge in [0.15, 0.2) is 0 Å². The van der Waals surface area contributed by atoms with E-state index in [0.717, 1.165) is 0 Å². The molecule has 0 atom stereocenters. The van der Waals surface area contributed by atoms with Crippen LogP contribution in [0.1, 0.15) is 65.3 Å². The van der Waals surface area contributed by atoms with Crippen molar-refractivity contribution in [3.05, 3.63) is 202 Å². The van der Waals surface area contributed by atoms with Gasteiger partial charge in [0.1, 0.15) is 23.0 Å². The van der Waals surface area contributed by atoms with Gasteiger partial charge in [0.05, 0.1) is 56.0 Å². The summed E-state index contributed by atoms with van der Waals surface area (Å²) in [5.74, 6) is -1.23. The van der Waals surface area contributed by atoms with Crippen LogP contribution < -0.4 is 18.9 Å². The zero-order chi connectivity index (χ0) is 53.3. The summed E-state index contributed by atoms with van der Waals surface area (Å²) >= 11 is 0. The van der Waals surface area contributed by atoms with Gasteiger partial charge in [0, 0.05) is 116 Å². The largest absolute Gasteiger partial charge is 0.496 e. The highest BCUT2D eigenvalue weighted by atomic mass is 16.6. The average Bonchev–Trinajstić information content (AvgIpc) is 3.37. The van der Waals surface area contributed by atoms with Crippen molar-refractivity contribution in [2.45, 2.75) is 46.5 Å². The molecule has 8 bridgehead atoms. The Labute approximate surface area is 425 Å². The van der Waals surface area contributed by atoms with Gasteiger partial charge in [0.25, 0.3) is 17.1 Å². The quantitative estimate of drug-likeness (QED) is 0.0341. The van der Waals surface area contributed by atoms with E-state index in [1.54, 1.807) is 36.4 Å². The van der Waals surface area contributed by atoms with Crippen LogP contribution in [0, 0.1) is 30.3 Å². The number of esters is 3. The second-order valence-electron chi connectivity index (χ2n) is 16.8. The van der Waals surface area contributed by atoms with Crippen LogP contribution in [0.3, 0.4) is 0 Å². The molecule has 0 saturated heterocycles. The van der Waals surface area contributed by atoms with E-state index in [4.69, 9.17) is 18.9 Å². The van der Waals surface area contributed by atoms with Crippen LogP contribution >= 0.6 is 0 Å². The molecule has 1 aliphatic rings. The molecule has 376 valence electrons. The monoisotopic (exact) mass is 1010 g/mol. The Hall–Kier alpha value is -10.3. The fourth-order valence-corrected chi connectivity index (χ4v) is 8.26. The van der Waals surface area contributed by atoms with Gasteiger partial charge in [-0.05, 0) is 83.9 Å². The lowest BCUT2D eigenvalue weighted by atomic mass is 9.90. The van der Waals surface area contributed by atoms with Crippen LogP contribution in [-0.2, 0) is 40.1 Å². The molecular formula is C53H41N9O13. The Bertz CT molecular complexity index is 3340. The van der Waals surface area contributed by atoms with E-state index in [1.165, 1.54) is 101 Å². The number of non-ortho nitro benzene ring substituents is 3. The molecule has 7 aromatic rings. The molecule has 0 amide bonds. The van der Waals surface area contributed by atoms with Gasteiger partial charge in [-0.3, -0.25) is 44.7 Å². The van der Waals surface area contributed by atoms with Gasteiger partial charge in [-0.2, -0.15) is 30.7 Å². The molecule has 0 unspecified atom stereocenters. The Morgan fingerprint density at radius 2 is 0.613 bits per heavy atom. The average molecular weight is 1010 g/mol. The number of fused-ring (bicyclic) bond motifs is 8. The van der Waals surface area contributed by atoms with Crippen LogP contribution in [0.4, 0.5) is 51.2 Å². The first kappa shape index (κ1) is 51.1. The summed E-state index contributed by atoms with van der Waals surface area (Å²) in [5.41, 5.74) is 4.72. The van der Waals surface area contributed by atoms with Crippen molar-refractivity contribution in [2.24, 2.45) is 30.7 Å². The molecule has 7 aromatic carbocycles. The van der Waals surface area contributed by atoms with Crippen molar-refractivity contribution in [2.75, 3.05) is 7.11 Å². The molecule has 0 saturated carbocycles. The van der Waals surface area contributed by atoms with E-state index in [2.05, 4.69) is 30.7 Å². The number of azo groups is 3. The van der Waals surface area contributed by atoms with Gasteiger partial charge in [-0.15, -0.1) is 0 Å². The summed E-state index contributed by atoms with van der Waals surface area (Å²) in [5, 5.41) is 60.8. The third kappa shape index (κ3) is 12.6. The molecule has 1 aliphatic carbocycles. The Morgan fingerprint density at radius 3 is 0.840 bits per heavy atom. The minimum Gasteiger partial charge on any atom is -0.496 e. The van der Waals surface area contributed by atoms with Crippen LogP contribution in [0.15, 0.2) is 158 Å². The molecule has 0 spiro atoms. The molecular weight excluding hydrogens is 971 g/mol. The van der Waals surface area contributed by atoms with Crippen molar-refractivity contribution < 1.29 is 48.1 Å². The van der Waals surface area contributed by atoms with Crippen molar-refractivity contribution in [3.8, 4) is 23.0 Å². The van der Waals surface area contributed by atoms with Crippen molar-refractivity contribution >= 4 is 69.1 Å². The van der Waals surface area contributed by atoms with Crippen LogP contribution in [0.25, 0.3) is 0 Å². The topological polar surface area (TPSA) is 292 Å². The summed E-state index contributed by atoms with van der Waals surface area (Å²) in [7, 11) is 1.50. The van der Waals surface area contributed by atoms with Crippen LogP contribution in [0.2, 0.25) is 0 Å². The maximum atomic E-state index is 13.2. The molecule has 0 heterocycles. The normalized spacial score (nSPS) is 12.1. The number of benzene rings is 7. The van der Waals surface area contributed by atoms with Crippen molar-refractivity contribution in [1.29, 1.82) is 0 Å². The van der Waals surface area contributed by atoms with Gasteiger partial charge < -0.3 is 18.9 Å². The summed E-state index contributed by atoms with van der Waals surface area (Å²) in [6.45, 7) is 3.71. The first-order valence-electron chi connectivity index (χ1n) is 22.7. The number of rotatable bonds is 13. The molecule has 0 N–H and O–H groups in total. The van der Waals surface area contributed by atoms with Gasteiger partial charge in [0.2, 0.25) is 0 Å². The zero-order valence-corrected chi connectivity index (χ0v) is 40.3. The first-order valence-corrected chi connectivity index (χ1v) is 22.7. The maximum Gasteiger partial charge on any atom is 0.308 e. The van der Waals surface area contributed by atoms with Crippen LogP contribution in [-0.4, -0.2) is 39.8 Å². The van der Waals surface area contributed by atoms with Gasteiger partial charge in [-0.1, -0.05) is 18.2 Å². The summed E-state index contributed by atoms with van der Waals surface area (Å²) in [6, 6.07) is 31.6. The number of hydrogen-bond acceptors (Lipinski definition) is 19. The summed E-state index contributed by atoms with van der Waals surface area (Å²) < 4.78 is 24.2. The summed E-state index contributed by atoms with van der Waals surface area (Å²) in [4.78, 5) is 71.8. The number of methoxy groups -OCH3 is 1. The molecule has 22 heteroatoms. The summed E-state index contributed by atoms with van der Waals surface area (Å²) in [6.07, 6.45) is -0.110. The third-order valence-electron chi connectivity index (χ3n) is 11.4. The number of hydrogen-bond donors (Lipinski definition) is 0. The number of ether oxygens (including phenoxy) is 4. The lowest BCUT2D eigenvalue weighted by Gasteiger charge is -2.22. The highest BCUT2D eigenvalue weighted by Crippen LogP contribution is 2.43. The van der Waals surface area contributed by atoms with Gasteiger partial charge >= 0.3 is 17.9 Å². The van der Waals surface area contributed by atoms with E-state index in [-0.39, 0.29) is 82.7 Å². The molecule has 0 aromatic heterocycles. The van der Waals surface area contributed by atoms with Crippen LogP contribution in [0.5, 0.6) is 23.0 Å². The number of nitro groups is 3. The van der Waals surface area contributed by atoms with E-state index in [9.17, 15) is 44.7 Å². The number of nitrogens with zero attached hydrogens (tertiary/aromatic N) is 9. The van der Waals surface area contributed by atoms with E-state index in [1.807, 2.05) is 18.2 Å². The molecule has 8 rings (SSSR count). The molecule has 0 fully saturated rings. The zero-order valence-electron chi connectivity index (χ0n) is 40.3. The first-order chi connectivity index (χ1) is 36.0. The van der Waals surface area contributed by atoms with E-state index < -0.39 is 32.7 Å². The molecule has 0 radical (unpaired) electrons. The highest BCUT2D eigenvalue weighted by molar-refractivity contribution is 5.75. The standard InChI is InChI=1S/C53H41N9O13/c1-30(63)73-51-35-20-33-6-5-7-34(50(33)72-4)21-36-25-45(58-55-42-10-16-48(17-11-42)61(68)69)27-38(52(36)74-31(2)64)23-40-29-46(59-56-43-12-18-49(19-13-43)62(70)71)28-39(53(40)75-32(3)65)22-37(51)26-44(24-35)57-54-41-8-14-47(15-9-41)60(66)67/h5-19,24-29H,20-23H2,1-4H3. The highest BCUT2D eigenvalue weighted by Gasteiger charge is 2.26. The number of carbonyl (C=O) groups is 3. The lowest BCUT2D eigenvalue weighted by molar-refractivity contribution is -0.385. The molecule has 75 heavy (non-hydrogen) atoms. The van der Waals surface area contributed by atoms with Crippen molar-refractivity contribution in [3.63, 3.8) is 0 Å². The molecule has 0 aliphatic heterocycles. The predicted octanol–water partition coefficient (Wildman–Crippen LogP) is 13.1. The minimum atomic E-state index is -0.712. The van der Waals surface area contributed by atoms with E-state index in [0.29, 0.717) is 61.6 Å². The lowest BCUT2D eigenvalue weighted by Crippen LogP contribution is -2.12. The SMILES string of the molecule is COc1c2cccc1Cc1cc(N=Nc3ccc([N+](=O)[O-])cc3)cc(c1OC(C)=O)Cc1cc(N=Nc3ccc([N+](=O)[O-])cc3)cc(c1OC(C)=O)Cc1cc(N=Nc3ccc([N+](=O)[O-])cc3)cc(c1OC(C)=O)C2. The number of nitro benzene ring substituents is 3.